The van der Waals surface area contributed by atoms with Crippen molar-refractivity contribution in [2.75, 3.05) is 0 Å². The summed E-state index contributed by atoms with van der Waals surface area (Å²) in [5.41, 5.74) is 5.15. The van der Waals surface area contributed by atoms with Crippen LogP contribution in [0.2, 0.25) is 10.0 Å². The lowest BCUT2D eigenvalue weighted by Gasteiger charge is -2.02. The Bertz CT molecular complexity index is 764. The largest absolute Gasteiger partial charge is 0.384 e. The quantitative estimate of drug-likeness (QED) is 0.848. The number of H-pyrrole nitrogens is 1. The van der Waals surface area contributed by atoms with Crippen LogP contribution >= 0.6 is 23.2 Å². The zero-order valence-corrected chi connectivity index (χ0v) is 11.6. The Morgan fingerprint density at radius 1 is 1.30 bits per heavy atom. The van der Waals surface area contributed by atoms with Gasteiger partial charge in [0.15, 0.2) is 5.69 Å². The molecule has 2 aromatic rings. The smallest absolute Gasteiger partial charge is 0.366 e. The van der Waals surface area contributed by atoms with E-state index in [0.717, 1.165) is 0 Å². The fraction of sp³-hybridized carbons (Fsp3) is 0.0909. The normalized spacial score (nSPS) is 11.2. The summed E-state index contributed by atoms with van der Waals surface area (Å²) in [6.07, 6.45) is 0. The van der Waals surface area contributed by atoms with E-state index in [-0.39, 0.29) is 27.0 Å². The second kappa shape index (κ2) is 5.48. The Balaban J connectivity index is 2.46. The second-order valence-corrected chi connectivity index (χ2v) is 4.63. The summed E-state index contributed by atoms with van der Waals surface area (Å²) >= 11 is 11.7. The summed E-state index contributed by atoms with van der Waals surface area (Å²) in [5.74, 6) is -0.722. The average molecular weight is 315 g/mol. The van der Waals surface area contributed by atoms with Crippen molar-refractivity contribution in [3.8, 4) is 0 Å². The molecule has 0 atom stereocenters. The van der Waals surface area contributed by atoms with E-state index in [0.29, 0.717) is 5.69 Å². The van der Waals surface area contributed by atoms with Gasteiger partial charge in [-0.3, -0.25) is 4.79 Å². The topological polar surface area (TPSA) is 114 Å². The molecule has 9 heteroatoms. The molecule has 2 rings (SSSR count). The van der Waals surface area contributed by atoms with E-state index in [2.05, 4.69) is 19.9 Å². The second-order valence-electron chi connectivity index (χ2n) is 3.81. The van der Waals surface area contributed by atoms with Gasteiger partial charge in [-0.05, 0) is 19.1 Å². The third kappa shape index (κ3) is 2.73. The lowest BCUT2D eigenvalue weighted by molar-refractivity contribution is 0.100. The monoisotopic (exact) mass is 314 g/mol. The number of carbonyl (C=O) groups excluding carboxylic acids is 1. The minimum atomic E-state index is -0.722. The molecule has 0 saturated carbocycles. The number of rotatable bonds is 3. The molecule has 0 unspecified atom stereocenters. The van der Waals surface area contributed by atoms with Gasteiger partial charge >= 0.3 is 5.63 Å². The fourth-order valence-electron chi connectivity index (χ4n) is 1.40. The molecule has 0 aliphatic heterocycles. The van der Waals surface area contributed by atoms with E-state index in [1.807, 2.05) is 0 Å². The Morgan fingerprint density at radius 3 is 2.55 bits per heavy atom. The van der Waals surface area contributed by atoms with Gasteiger partial charge in [0.05, 0.1) is 21.3 Å². The van der Waals surface area contributed by atoms with Crippen molar-refractivity contribution < 1.29 is 9.32 Å². The van der Waals surface area contributed by atoms with E-state index in [4.69, 9.17) is 28.9 Å². The predicted octanol–water partition coefficient (Wildman–Crippen LogP) is 3.10. The standard InChI is InChI=1S/C11H8Cl2N4O3/c1-4-9(11(19)20-17-4)16-15-8-2-5(10(14)18)6(12)3-7(8)13/h2-3,17H,1H3,(H2,14,18). The first-order valence-electron chi connectivity index (χ1n) is 5.29. The number of hydrogen-bond acceptors (Lipinski definition) is 5. The van der Waals surface area contributed by atoms with Crippen LogP contribution in [0, 0.1) is 6.92 Å². The summed E-state index contributed by atoms with van der Waals surface area (Å²) < 4.78 is 4.53. The molecule has 1 aromatic heterocycles. The number of carbonyl (C=O) groups is 1. The number of amides is 1. The first-order valence-corrected chi connectivity index (χ1v) is 6.04. The molecule has 20 heavy (non-hydrogen) atoms. The van der Waals surface area contributed by atoms with E-state index in [9.17, 15) is 9.59 Å². The van der Waals surface area contributed by atoms with Crippen molar-refractivity contribution in [3.05, 3.63) is 43.9 Å². The van der Waals surface area contributed by atoms with Crippen LogP contribution in [-0.2, 0) is 0 Å². The summed E-state index contributed by atoms with van der Waals surface area (Å²) in [4.78, 5) is 22.5. The lowest BCUT2D eigenvalue weighted by Crippen LogP contribution is -2.11. The van der Waals surface area contributed by atoms with Crippen molar-refractivity contribution in [1.82, 2.24) is 5.16 Å². The summed E-state index contributed by atoms with van der Waals surface area (Å²) in [6.45, 7) is 1.59. The van der Waals surface area contributed by atoms with Crippen LogP contribution in [0.15, 0.2) is 31.7 Å². The van der Waals surface area contributed by atoms with Crippen LogP contribution in [-0.4, -0.2) is 11.1 Å². The molecule has 0 spiro atoms. The number of aromatic amines is 1. The third-order valence-electron chi connectivity index (χ3n) is 2.41. The summed E-state index contributed by atoms with van der Waals surface area (Å²) in [5, 5.41) is 10.2. The van der Waals surface area contributed by atoms with Crippen LogP contribution in [0.3, 0.4) is 0 Å². The highest BCUT2D eigenvalue weighted by atomic mass is 35.5. The summed E-state index contributed by atoms with van der Waals surface area (Å²) in [7, 11) is 0. The Morgan fingerprint density at radius 2 is 2.00 bits per heavy atom. The van der Waals surface area contributed by atoms with Gasteiger partial charge < -0.3 is 10.3 Å². The molecular formula is C11H8Cl2N4O3. The Kier molecular flexibility index (Phi) is 3.91. The maximum Gasteiger partial charge on any atom is 0.384 e. The maximum absolute atomic E-state index is 11.3. The third-order valence-corrected chi connectivity index (χ3v) is 3.02. The van der Waals surface area contributed by atoms with Crippen LogP contribution in [0.4, 0.5) is 11.4 Å². The number of nitrogens with zero attached hydrogens (tertiary/aromatic N) is 2. The van der Waals surface area contributed by atoms with E-state index >= 15 is 0 Å². The molecule has 0 saturated heterocycles. The first kappa shape index (κ1) is 14.3. The van der Waals surface area contributed by atoms with Gasteiger partial charge in [-0.2, -0.15) is 0 Å². The highest BCUT2D eigenvalue weighted by Gasteiger charge is 2.12. The molecule has 104 valence electrons. The zero-order chi connectivity index (χ0) is 14.9. The van der Waals surface area contributed by atoms with Crippen LogP contribution in [0.25, 0.3) is 0 Å². The number of hydrogen-bond donors (Lipinski definition) is 2. The number of azo groups is 1. The molecule has 0 bridgehead atoms. The average Bonchev–Trinajstić information content (AvgIpc) is 2.68. The highest BCUT2D eigenvalue weighted by molar-refractivity contribution is 6.38. The molecule has 1 heterocycles. The van der Waals surface area contributed by atoms with Crippen molar-refractivity contribution in [2.24, 2.45) is 16.0 Å². The number of benzene rings is 1. The minimum absolute atomic E-state index is 0.0108. The van der Waals surface area contributed by atoms with Crippen LogP contribution < -0.4 is 11.4 Å². The molecule has 7 nitrogen and oxygen atoms in total. The maximum atomic E-state index is 11.3. The van der Waals surface area contributed by atoms with Crippen molar-refractivity contribution >= 4 is 40.5 Å². The fourth-order valence-corrected chi connectivity index (χ4v) is 1.91. The van der Waals surface area contributed by atoms with Crippen molar-refractivity contribution in [1.29, 1.82) is 0 Å². The van der Waals surface area contributed by atoms with Gasteiger partial charge in [-0.25, -0.2) is 9.95 Å². The number of aromatic nitrogens is 1. The van der Waals surface area contributed by atoms with Gasteiger partial charge in [-0.1, -0.05) is 23.2 Å². The number of nitrogens with one attached hydrogen (secondary N) is 1. The molecule has 0 fully saturated rings. The molecule has 1 amide bonds. The molecular weight excluding hydrogens is 307 g/mol. The molecule has 0 aliphatic carbocycles. The minimum Gasteiger partial charge on any atom is -0.366 e. The van der Waals surface area contributed by atoms with Gasteiger partial charge in [0.2, 0.25) is 5.91 Å². The predicted molar refractivity (Wildman–Crippen MR) is 73.2 cm³/mol. The number of primary amides is 1. The zero-order valence-electron chi connectivity index (χ0n) is 10.1. The summed E-state index contributed by atoms with van der Waals surface area (Å²) in [6, 6.07) is 2.62. The molecule has 1 aromatic carbocycles. The van der Waals surface area contributed by atoms with Gasteiger partial charge in [0.1, 0.15) is 5.69 Å². The number of nitrogens with two attached hydrogens (primary N) is 1. The van der Waals surface area contributed by atoms with Crippen LogP contribution in [0.1, 0.15) is 16.1 Å². The van der Waals surface area contributed by atoms with E-state index in [1.165, 1.54) is 12.1 Å². The van der Waals surface area contributed by atoms with Crippen LogP contribution in [0.5, 0.6) is 0 Å². The molecule has 0 radical (unpaired) electrons. The van der Waals surface area contributed by atoms with Crippen molar-refractivity contribution in [3.63, 3.8) is 0 Å². The highest BCUT2D eigenvalue weighted by Crippen LogP contribution is 2.32. The van der Waals surface area contributed by atoms with E-state index in [1.54, 1.807) is 6.92 Å². The Hall–Kier alpha value is -2.12. The van der Waals surface area contributed by atoms with Crippen molar-refractivity contribution in [2.45, 2.75) is 6.92 Å². The molecule has 0 aliphatic rings. The van der Waals surface area contributed by atoms with Gasteiger partial charge in [0, 0.05) is 0 Å². The molecule has 3 N–H and O–H groups in total. The number of halogens is 2. The van der Waals surface area contributed by atoms with Gasteiger partial charge in [0.25, 0.3) is 0 Å². The van der Waals surface area contributed by atoms with Gasteiger partial charge in [-0.15, -0.1) is 10.2 Å². The lowest BCUT2D eigenvalue weighted by atomic mass is 10.2. The SMILES string of the molecule is Cc1[nH]oc(=O)c1N=Nc1cc(C(N)=O)c(Cl)cc1Cl. The van der Waals surface area contributed by atoms with E-state index < -0.39 is 11.5 Å². The first-order chi connectivity index (χ1) is 9.40. The Labute approximate surface area is 122 Å². The number of aryl methyl sites for hydroxylation is 1.